The minimum Gasteiger partial charge on any atom is -0.359 e. The quantitative estimate of drug-likeness (QED) is 0.556. The van der Waals surface area contributed by atoms with Crippen molar-refractivity contribution in [1.82, 2.24) is 16.2 Å². The van der Waals surface area contributed by atoms with Crippen LogP contribution in [0.15, 0.2) is 11.4 Å². The molecule has 1 rings (SSSR count). The molecule has 0 aromatic carbocycles. The number of thiophene rings is 1. The van der Waals surface area contributed by atoms with Gasteiger partial charge in [0, 0.05) is 16.3 Å². The van der Waals surface area contributed by atoms with Gasteiger partial charge in [0.2, 0.25) is 0 Å². The van der Waals surface area contributed by atoms with Gasteiger partial charge in [-0.25, -0.2) is 0 Å². The molecule has 0 saturated heterocycles. The van der Waals surface area contributed by atoms with Crippen molar-refractivity contribution in [1.29, 1.82) is 0 Å². The molecule has 1 aromatic heterocycles. The molecule has 4 nitrogen and oxygen atoms in total. The first-order valence-corrected chi connectivity index (χ1v) is 6.20. The zero-order valence-corrected chi connectivity index (χ0v) is 11.1. The summed E-state index contributed by atoms with van der Waals surface area (Å²) in [6, 6.07) is 2.07. The molecule has 1 heterocycles. The predicted molar refractivity (Wildman–Crippen MR) is 70.5 cm³/mol. The van der Waals surface area contributed by atoms with Crippen molar-refractivity contribution in [2.45, 2.75) is 26.8 Å². The first-order valence-electron chi connectivity index (χ1n) is 4.91. The summed E-state index contributed by atoms with van der Waals surface area (Å²) in [6.45, 7) is 5.90. The summed E-state index contributed by atoms with van der Waals surface area (Å²) in [4.78, 5) is 12.7. The van der Waals surface area contributed by atoms with Crippen molar-refractivity contribution in [3.8, 4) is 0 Å². The smallest absolute Gasteiger partial charge is 0.270 e. The Bertz CT molecular complexity index is 387. The number of nitrogens with one attached hydrogen (secondary N) is 3. The lowest BCUT2D eigenvalue weighted by atomic mass is 10.3. The van der Waals surface area contributed by atoms with E-state index in [0.717, 1.165) is 4.88 Å². The van der Waals surface area contributed by atoms with E-state index < -0.39 is 0 Å². The highest BCUT2D eigenvalue weighted by Crippen LogP contribution is 2.12. The van der Waals surface area contributed by atoms with Crippen LogP contribution in [0.1, 0.15) is 29.1 Å². The molecule has 0 saturated carbocycles. The molecule has 0 spiro atoms. The van der Waals surface area contributed by atoms with Gasteiger partial charge in [-0.2, -0.15) is 0 Å². The van der Waals surface area contributed by atoms with E-state index >= 15 is 0 Å². The van der Waals surface area contributed by atoms with E-state index in [1.165, 1.54) is 0 Å². The second kappa shape index (κ2) is 5.81. The second-order valence-electron chi connectivity index (χ2n) is 3.65. The lowest BCUT2D eigenvalue weighted by molar-refractivity contribution is 0.0944. The zero-order valence-electron chi connectivity index (χ0n) is 9.46. The first-order chi connectivity index (χ1) is 7.49. The topological polar surface area (TPSA) is 53.2 Å². The van der Waals surface area contributed by atoms with Crippen molar-refractivity contribution in [3.05, 3.63) is 21.9 Å². The van der Waals surface area contributed by atoms with Crippen molar-refractivity contribution < 1.29 is 4.79 Å². The highest BCUT2D eigenvalue weighted by molar-refractivity contribution is 7.80. The first kappa shape index (κ1) is 12.9. The Balaban J connectivity index is 2.38. The maximum atomic E-state index is 11.6. The average Bonchev–Trinajstić information content (AvgIpc) is 2.60. The van der Waals surface area contributed by atoms with E-state index in [9.17, 15) is 4.79 Å². The molecule has 88 valence electrons. The SMILES string of the molecule is Cc1cc(C(=O)NNC(=S)NC(C)C)cs1. The standard InChI is InChI=1S/C10H15N3OS2/c1-6(2)11-10(15)13-12-9(14)8-4-7(3)16-5-8/h4-6H,1-3H3,(H,12,14)(H2,11,13,15). The summed E-state index contributed by atoms with van der Waals surface area (Å²) in [5.41, 5.74) is 5.82. The zero-order chi connectivity index (χ0) is 12.1. The molecule has 1 aromatic rings. The van der Waals surface area contributed by atoms with Crippen LogP contribution in [0.5, 0.6) is 0 Å². The van der Waals surface area contributed by atoms with Gasteiger partial charge in [0.05, 0.1) is 5.56 Å². The Labute approximate surface area is 104 Å². The number of aryl methyl sites for hydroxylation is 1. The molecule has 0 bridgehead atoms. The molecule has 1 amide bonds. The minimum atomic E-state index is -0.183. The summed E-state index contributed by atoms with van der Waals surface area (Å²) in [7, 11) is 0. The Kier molecular flexibility index (Phi) is 4.70. The fourth-order valence-electron chi connectivity index (χ4n) is 1.05. The third kappa shape index (κ3) is 4.16. The van der Waals surface area contributed by atoms with Gasteiger partial charge < -0.3 is 5.32 Å². The van der Waals surface area contributed by atoms with Gasteiger partial charge in [-0.3, -0.25) is 15.6 Å². The summed E-state index contributed by atoms with van der Waals surface area (Å²) >= 11 is 6.51. The number of amides is 1. The van der Waals surface area contributed by atoms with Gasteiger partial charge in [-0.1, -0.05) is 0 Å². The van der Waals surface area contributed by atoms with Gasteiger partial charge in [0.15, 0.2) is 5.11 Å². The van der Waals surface area contributed by atoms with Crippen LogP contribution >= 0.6 is 23.6 Å². The maximum absolute atomic E-state index is 11.6. The van der Waals surface area contributed by atoms with Crippen LogP contribution in [0.25, 0.3) is 0 Å². The molecule has 0 atom stereocenters. The minimum absolute atomic E-state index is 0.183. The highest BCUT2D eigenvalue weighted by atomic mass is 32.1. The summed E-state index contributed by atoms with van der Waals surface area (Å²) < 4.78 is 0. The average molecular weight is 257 g/mol. The van der Waals surface area contributed by atoms with Gasteiger partial charge in [-0.15, -0.1) is 11.3 Å². The molecular formula is C10H15N3OS2. The number of carbonyl (C=O) groups is 1. The van der Waals surface area contributed by atoms with Crippen LogP contribution < -0.4 is 16.2 Å². The summed E-state index contributed by atoms with van der Waals surface area (Å²) in [6.07, 6.45) is 0. The van der Waals surface area contributed by atoms with Gasteiger partial charge in [0.1, 0.15) is 0 Å². The monoisotopic (exact) mass is 257 g/mol. The van der Waals surface area contributed by atoms with E-state index in [1.807, 2.05) is 32.2 Å². The Hall–Kier alpha value is -1.14. The lowest BCUT2D eigenvalue weighted by Crippen LogP contribution is -2.48. The Morgan fingerprint density at radius 3 is 2.62 bits per heavy atom. The number of rotatable bonds is 2. The van der Waals surface area contributed by atoms with Gasteiger partial charge in [0.25, 0.3) is 5.91 Å². The Morgan fingerprint density at radius 2 is 2.12 bits per heavy atom. The molecule has 0 aliphatic carbocycles. The Morgan fingerprint density at radius 1 is 1.44 bits per heavy atom. The van der Waals surface area contributed by atoms with Crippen LogP contribution in [0, 0.1) is 6.92 Å². The van der Waals surface area contributed by atoms with Crippen LogP contribution in [-0.2, 0) is 0 Å². The van der Waals surface area contributed by atoms with Crippen molar-refractivity contribution >= 4 is 34.6 Å². The van der Waals surface area contributed by atoms with Gasteiger partial charge in [-0.05, 0) is 39.1 Å². The van der Waals surface area contributed by atoms with Crippen LogP contribution in [0.2, 0.25) is 0 Å². The molecule has 0 unspecified atom stereocenters. The molecule has 0 aliphatic rings. The molecule has 16 heavy (non-hydrogen) atoms. The van der Waals surface area contributed by atoms with Crippen LogP contribution in [-0.4, -0.2) is 17.1 Å². The van der Waals surface area contributed by atoms with E-state index in [4.69, 9.17) is 12.2 Å². The molecule has 0 fully saturated rings. The summed E-state index contributed by atoms with van der Waals surface area (Å²) in [5.74, 6) is -0.183. The van der Waals surface area contributed by atoms with E-state index in [2.05, 4.69) is 16.2 Å². The highest BCUT2D eigenvalue weighted by Gasteiger charge is 2.07. The van der Waals surface area contributed by atoms with Crippen LogP contribution in [0.3, 0.4) is 0 Å². The molecule has 6 heteroatoms. The number of carbonyl (C=O) groups excluding carboxylic acids is 1. The van der Waals surface area contributed by atoms with E-state index in [1.54, 1.807) is 11.3 Å². The van der Waals surface area contributed by atoms with E-state index in [0.29, 0.717) is 10.7 Å². The molecule has 0 radical (unpaired) electrons. The van der Waals surface area contributed by atoms with Gasteiger partial charge >= 0.3 is 0 Å². The predicted octanol–water partition coefficient (Wildman–Crippen LogP) is 1.57. The summed E-state index contributed by atoms with van der Waals surface area (Å²) in [5, 5.41) is 5.19. The number of thiocarbonyl (C=S) groups is 1. The number of hydrazine groups is 1. The second-order valence-corrected chi connectivity index (χ2v) is 5.18. The molecule has 0 aliphatic heterocycles. The van der Waals surface area contributed by atoms with Crippen molar-refractivity contribution in [2.24, 2.45) is 0 Å². The largest absolute Gasteiger partial charge is 0.359 e. The normalized spacial score (nSPS) is 10.0. The third-order valence-electron chi connectivity index (χ3n) is 1.70. The molecular weight excluding hydrogens is 242 g/mol. The fourth-order valence-corrected chi connectivity index (χ4v) is 2.02. The van der Waals surface area contributed by atoms with Crippen molar-refractivity contribution in [2.75, 3.05) is 0 Å². The molecule has 3 N–H and O–H groups in total. The number of hydrogen-bond donors (Lipinski definition) is 3. The van der Waals surface area contributed by atoms with Crippen molar-refractivity contribution in [3.63, 3.8) is 0 Å². The lowest BCUT2D eigenvalue weighted by Gasteiger charge is -2.13. The van der Waals surface area contributed by atoms with E-state index in [-0.39, 0.29) is 11.9 Å². The third-order valence-corrected chi connectivity index (χ3v) is 2.78. The fraction of sp³-hybridized carbons (Fsp3) is 0.400. The number of hydrogen-bond acceptors (Lipinski definition) is 3. The van der Waals surface area contributed by atoms with Crippen LogP contribution in [0.4, 0.5) is 0 Å². The maximum Gasteiger partial charge on any atom is 0.270 e.